The van der Waals surface area contributed by atoms with Crippen molar-refractivity contribution in [2.24, 2.45) is 0 Å². The van der Waals surface area contributed by atoms with Crippen molar-refractivity contribution in [3.63, 3.8) is 0 Å². The van der Waals surface area contributed by atoms with Crippen LogP contribution < -0.4 is 5.32 Å². The third-order valence-corrected chi connectivity index (χ3v) is 4.39. The van der Waals surface area contributed by atoms with Gasteiger partial charge >= 0.3 is 6.18 Å². The summed E-state index contributed by atoms with van der Waals surface area (Å²) in [6, 6.07) is 8.38. The standard InChI is InChI=1S/C17H14F3N3S/c1-10-3-4-12(7-11(10)2)14-9-24-16(22-14)23-15-6-5-13(8-21-15)17(18,19)20/h3-9H,1-2H3,(H,21,22,23). The minimum atomic E-state index is -4.39. The molecule has 7 heteroatoms. The first-order valence-corrected chi connectivity index (χ1v) is 8.04. The zero-order chi connectivity index (χ0) is 17.3. The zero-order valence-electron chi connectivity index (χ0n) is 13.0. The highest BCUT2D eigenvalue weighted by molar-refractivity contribution is 7.14. The highest BCUT2D eigenvalue weighted by Crippen LogP contribution is 2.30. The van der Waals surface area contributed by atoms with Gasteiger partial charge in [0.05, 0.1) is 11.3 Å². The largest absolute Gasteiger partial charge is 0.417 e. The summed E-state index contributed by atoms with van der Waals surface area (Å²) in [7, 11) is 0. The molecule has 0 aliphatic rings. The van der Waals surface area contributed by atoms with Gasteiger partial charge in [0.15, 0.2) is 5.13 Å². The second kappa shape index (κ2) is 6.24. The number of thiazole rings is 1. The molecule has 0 fully saturated rings. The van der Waals surface area contributed by atoms with Crippen molar-refractivity contribution in [3.8, 4) is 11.3 Å². The minimum Gasteiger partial charge on any atom is -0.316 e. The van der Waals surface area contributed by atoms with E-state index in [2.05, 4.69) is 21.4 Å². The molecule has 0 spiro atoms. The average molecular weight is 349 g/mol. The summed E-state index contributed by atoms with van der Waals surface area (Å²) < 4.78 is 37.6. The number of hydrogen-bond donors (Lipinski definition) is 1. The van der Waals surface area contributed by atoms with Crippen LogP contribution >= 0.6 is 11.3 Å². The van der Waals surface area contributed by atoms with Gasteiger partial charge in [-0.2, -0.15) is 13.2 Å². The Bertz CT molecular complexity index is 854. The summed E-state index contributed by atoms with van der Waals surface area (Å²) in [6.45, 7) is 4.08. The van der Waals surface area contributed by atoms with Crippen LogP contribution in [0.4, 0.5) is 24.1 Å². The maximum Gasteiger partial charge on any atom is 0.417 e. The molecule has 1 aromatic carbocycles. The van der Waals surface area contributed by atoms with E-state index in [4.69, 9.17) is 0 Å². The molecule has 1 N–H and O–H groups in total. The topological polar surface area (TPSA) is 37.8 Å². The van der Waals surface area contributed by atoms with Gasteiger partial charge in [0, 0.05) is 17.1 Å². The lowest BCUT2D eigenvalue weighted by Gasteiger charge is -2.07. The average Bonchev–Trinajstić information content (AvgIpc) is 2.98. The van der Waals surface area contributed by atoms with Gasteiger partial charge < -0.3 is 5.32 Å². The summed E-state index contributed by atoms with van der Waals surface area (Å²) in [6.07, 6.45) is -3.58. The van der Waals surface area contributed by atoms with Gasteiger partial charge in [-0.1, -0.05) is 12.1 Å². The fraction of sp³-hybridized carbons (Fsp3) is 0.176. The number of anilines is 2. The van der Waals surface area contributed by atoms with Crippen LogP contribution in [0.3, 0.4) is 0 Å². The summed E-state index contributed by atoms with van der Waals surface area (Å²) in [4.78, 5) is 8.25. The quantitative estimate of drug-likeness (QED) is 0.670. The van der Waals surface area contributed by atoms with Gasteiger partial charge in [0.25, 0.3) is 0 Å². The molecule has 0 radical (unpaired) electrons. The number of alkyl halides is 3. The maximum atomic E-state index is 12.5. The summed E-state index contributed by atoms with van der Waals surface area (Å²) in [5.74, 6) is 0.323. The van der Waals surface area contributed by atoms with Crippen LogP contribution in [-0.4, -0.2) is 9.97 Å². The number of rotatable bonds is 3. The summed E-state index contributed by atoms with van der Waals surface area (Å²) in [5.41, 5.74) is 3.43. The molecule has 0 unspecified atom stereocenters. The van der Waals surface area contributed by atoms with Crippen LogP contribution in [0, 0.1) is 13.8 Å². The molecular formula is C17H14F3N3S. The van der Waals surface area contributed by atoms with Gasteiger partial charge in [-0.15, -0.1) is 11.3 Å². The first-order valence-electron chi connectivity index (χ1n) is 7.16. The fourth-order valence-electron chi connectivity index (χ4n) is 2.11. The lowest BCUT2D eigenvalue weighted by atomic mass is 10.1. The number of nitrogens with zero attached hydrogens (tertiary/aromatic N) is 2. The highest BCUT2D eigenvalue weighted by Gasteiger charge is 2.30. The maximum absolute atomic E-state index is 12.5. The van der Waals surface area contributed by atoms with Gasteiger partial charge in [-0.05, 0) is 43.2 Å². The van der Waals surface area contributed by atoms with Crippen molar-refractivity contribution < 1.29 is 13.2 Å². The molecule has 2 heterocycles. The smallest absolute Gasteiger partial charge is 0.316 e. The van der Waals surface area contributed by atoms with E-state index in [0.29, 0.717) is 10.9 Å². The van der Waals surface area contributed by atoms with Crippen molar-refractivity contribution in [2.75, 3.05) is 5.32 Å². The number of nitrogens with one attached hydrogen (secondary N) is 1. The van der Waals surface area contributed by atoms with Crippen molar-refractivity contribution in [1.29, 1.82) is 0 Å². The predicted molar refractivity (Wildman–Crippen MR) is 89.5 cm³/mol. The Hall–Kier alpha value is -2.41. The van der Waals surface area contributed by atoms with E-state index < -0.39 is 11.7 Å². The van der Waals surface area contributed by atoms with E-state index >= 15 is 0 Å². The molecule has 3 nitrogen and oxygen atoms in total. The van der Waals surface area contributed by atoms with Crippen LogP contribution in [0.1, 0.15) is 16.7 Å². The second-order valence-corrected chi connectivity index (χ2v) is 6.25. The Labute approximate surface area is 141 Å². The Kier molecular flexibility index (Phi) is 4.28. The van der Waals surface area contributed by atoms with E-state index in [1.807, 2.05) is 31.4 Å². The molecule has 3 rings (SSSR count). The van der Waals surface area contributed by atoms with E-state index in [1.54, 1.807) is 0 Å². The Morgan fingerprint density at radius 2 is 1.83 bits per heavy atom. The van der Waals surface area contributed by atoms with Gasteiger partial charge in [0.1, 0.15) is 5.82 Å². The number of pyridine rings is 1. The van der Waals surface area contributed by atoms with Gasteiger partial charge in [0.2, 0.25) is 0 Å². The van der Waals surface area contributed by atoms with Crippen molar-refractivity contribution in [2.45, 2.75) is 20.0 Å². The Morgan fingerprint density at radius 1 is 1.04 bits per heavy atom. The van der Waals surface area contributed by atoms with Crippen LogP contribution in [0.2, 0.25) is 0 Å². The molecule has 124 valence electrons. The summed E-state index contributed by atoms with van der Waals surface area (Å²) in [5, 5.41) is 5.41. The van der Waals surface area contributed by atoms with Crippen molar-refractivity contribution >= 4 is 22.3 Å². The first-order chi connectivity index (χ1) is 11.3. The molecule has 0 aliphatic carbocycles. The predicted octanol–water partition coefficient (Wildman–Crippen LogP) is 5.58. The number of aromatic nitrogens is 2. The molecule has 0 aliphatic heterocycles. The number of halogens is 3. The van der Waals surface area contributed by atoms with E-state index in [-0.39, 0.29) is 0 Å². The third-order valence-electron chi connectivity index (χ3n) is 3.63. The van der Waals surface area contributed by atoms with Crippen LogP contribution in [-0.2, 0) is 6.18 Å². The van der Waals surface area contributed by atoms with Crippen molar-refractivity contribution in [3.05, 3.63) is 58.6 Å². The number of benzene rings is 1. The molecule has 0 atom stereocenters. The second-order valence-electron chi connectivity index (χ2n) is 5.39. The lowest BCUT2D eigenvalue weighted by Crippen LogP contribution is -2.05. The van der Waals surface area contributed by atoms with Crippen LogP contribution in [0.25, 0.3) is 11.3 Å². The fourth-order valence-corrected chi connectivity index (χ4v) is 2.84. The molecule has 3 aromatic rings. The molecule has 0 amide bonds. The normalized spacial score (nSPS) is 11.5. The first kappa shape index (κ1) is 16.4. The zero-order valence-corrected chi connectivity index (χ0v) is 13.8. The number of hydrogen-bond acceptors (Lipinski definition) is 4. The minimum absolute atomic E-state index is 0.323. The van der Waals surface area contributed by atoms with Crippen LogP contribution in [0.15, 0.2) is 41.9 Å². The molecular weight excluding hydrogens is 335 g/mol. The SMILES string of the molecule is Cc1ccc(-c2csc(Nc3ccc(C(F)(F)F)cn3)n2)cc1C. The molecule has 2 aromatic heterocycles. The molecule has 0 bridgehead atoms. The van der Waals surface area contributed by atoms with E-state index in [0.717, 1.165) is 23.5 Å². The van der Waals surface area contributed by atoms with E-state index in [9.17, 15) is 13.2 Å². The number of aryl methyl sites for hydroxylation is 2. The monoisotopic (exact) mass is 349 g/mol. The van der Waals surface area contributed by atoms with Crippen LogP contribution in [0.5, 0.6) is 0 Å². The Morgan fingerprint density at radius 3 is 2.46 bits per heavy atom. The van der Waals surface area contributed by atoms with E-state index in [1.165, 1.54) is 28.5 Å². The Balaban J connectivity index is 1.77. The van der Waals surface area contributed by atoms with Gasteiger partial charge in [-0.3, -0.25) is 0 Å². The lowest BCUT2D eigenvalue weighted by molar-refractivity contribution is -0.137. The van der Waals surface area contributed by atoms with Gasteiger partial charge in [-0.25, -0.2) is 9.97 Å². The third kappa shape index (κ3) is 3.56. The molecule has 24 heavy (non-hydrogen) atoms. The molecule has 0 saturated heterocycles. The summed E-state index contributed by atoms with van der Waals surface area (Å²) >= 11 is 1.37. The highest BCUT2D eigenvalue weighted by atomic mass is 32.1. The van der Waals surface area contributed by atoms with Crippen molar-refractivity contribution in [1.82, 2.24) is 9.97 Å². The molecule has 0 saturated carbocycles.